The van der Waals surface area contributed by atoms with Gasteiger partial charge in [-0.15, -0.1) is 0 Å². The Labute approximate surface area is 353 Å². The number of rotatable bonds is 5. The molecular formula is C59H39NO. The van der Waals surface area contributed by atoms with Gasteiger partial charge in [-0.2, -0.15) is 0 Å². The van der Waals surface area contributed by atoms with E-state index < -0.39 is 0 Å². The van der Waals surface area contributed by atoms with Crippen LogP contribution >= 0.6 is 0 Å². The van der Waals surface area contributed by atoms with Gasteiger partial charge in [0.15, 0.2) is 0 Å². The Morgan fingerprint density at radius 2 is 0.787 bits per heavy atom. The van der Waals surface area contributed by atoms with Crippen molar-refractivity contribution in [2.45, 2.75) is 12.8 Å². The maximum atomic E-state index is 14.9. The topological polar surface area (TPSA) is 22.0 Å². The van der Waals surface area contributed by atoms with Gasteiger partial charge in [0.1, 0.15) is 0 Å². The summed E-state index contributed by atoms with van der Waals surface area (Å²) in [7, 11) is 0. The highest BCUT2D eigenvalue weighted by Gasteiger charge is 2.21. The molecule has 0 amide bonds. The molecule has 0 radical (unpaired) electrons. The number of allylic oxidation sites excluding steroid dienone is 4. The first kappa shape index (κ1) is 35.2. The van der Waals surface area contributed by atoms with Crippen molar-refractivity contribution < 1.29 is 0 Å². The molecule has 1 aliphatic carbocycles. The van der Waals surface area contributed by atoms with Crippen LogP contribution < -0.4 is 5.56 Å². The number of pyridine rings is 1. The lowest BCUT2D eigenvalue weighted by molar-refractivity contribution is 1.04. The Hall–Kier alpha value is -7.81. The molecule has 0 aliphatic heterocycles. The first-order chi connectivity index (χ1) is 30.2. The number of benzene rings is 10. The first-order valence-electron chi connectivity index (χ1n) is 21.2. The maximum Gasteiger partial charge on any atom is 0.263 e. The van der Waals surface area contributed by atoms with E-state index in [2.05, 4.69) is 182 Å². The fraction of sp³-hybridized carbons (Fsp3) is 0.0339. The molecule has 0 saturated carbocycles. The number of fused-ring (bicyclic) bond motifs is 7. The van der Waals surface area contributed by atoms with Crippen LogP contribution in [-0.2, 0) is 0 Å². The molecule has 286 valence electrons. The van der Waals surface area contributed by atoms with Crippen molar-refractivity contribution in [1.29, 1.82) is 0 Å². The van der Waals surface area contributed by atoms with Gasteiger partial charge in [0, 0.05) is 16.5 Å². The van der Waals surface area contributed by atoms with Crippen LogP contribution in [0.25, 0.3) is 109 Å². The number of nitrogens with zero attached hydrogens (tertiary/aromatic N) is 1. The highest BCUT2D eigenvalue weighted by atomic mass is 16.1. The Bertz CT molecular complexity index is 3590. The third-order valence-electron chi connectivity index (χ3n) is 12.8. The summed E-state index contributed by atoms with van der Waals surface area (Å²) in [5, 5.41) is 12.4. The molecule has 12 rings (SSSR count). The van der Waals surface area contributed by atoms with Gasteiger partial charge in [-0.3, -0.25) is 9.36 Å². The lowest BCUT2D eigenvalue weighted by Crippen LogP contribution is -2.19. The van der Waals surface area contributed by atoms with Gasteiger partial charge in [-0.25, -0.2) is 0 Å². The van der Waals surface area contributed by atoms with Crippen LogP contribution in [-0.4, -0.2) is 4.57 Å². The summed E-state index contributed by atoms with van der Waals surface area (Å²) in [4.78, 5) is 14.9. The molecule has 61 heavy (non-hydrogen) atoms. The van der Waals surface area contributed by atoms with Gasteiger partial charge >= 0.3 is 0 Å². The van der Waals surface area contributed by atoms with E-state index >= 15 is 0 Å². The molecule has 0 saturated heterocycles. The lowest BCUT2D eigenvalue weighted by atomic mass is 9.84. The van der Waals surface area contributed by atoms with Gasteiger partial charge in [-0.1, -0.05) is 176 Å². The molecule has 2 nitrogen and oxygen atoms in total. The Morgan fingerprint density at radius 3 is 1.30 bits per heavy atom. The monoisotopic (exact) mass is 777 g/mol. The molecule has 10 aromatic carbocycles. The highest BCUT2D eigenvalue weighted by molar-refractivity contribution is 6.23. The van der Waals surface area contributed by atoms with E-state index in [0.29, 0.717) is 5.39 Å². The van der Waals surface area contributed by atoms with E-state index in [-0.39, 0.29) is 5.56 Å². The zero-order valence-corrected chi connectivity index (χ0v) is 33.5. The van der Waals surface area contributed by atoms with Gasteiger partial charge in [-0.05, 0) is 142 Å². The second kappa shape index (κ2) is 14.2. The molecule has 1 aromatic heterocycles. The minimum absolute atomic E-state index is 0.0304. The largest absolute Gasteiger partial charge is 0.276 e. The van der Waals surface area contributed by atoms with Crippen molar-refractivity contribution >= 4 is 70.3 Å². The molecule has 0 unspecified atom stereocenters. The number of aromatic nitrogens is 1. The summed E-state index contributed by atoms with van der Waals surface area (Å²) in [6.45, 7) is 0. The Kier molecular flexibility index (Phi) is 8.18. The molecule has 1 heterocycles. The summed E-state index contributed by atoms with van der Waals surface area (Å²) < 4.78 is 1.89. The van der Waals surface area contributed by atoms with Crippen molar-refractivity contribution in [2.24, 2.45) is 0 Å². The van der Waals surface area contributed by atoms with Crippen LogP contribution in [0.4, 0.5) is 0 Å². The smallest absolute Gasteiger partial charge is 0.263 e. The number of hydrogen-bond donors (Lipinski definition) is 0. The normalized spacial score (nSPS) is 12.9. The molecular weight excluding hydrogens is 739 g/mol. The van der Waals surface area contributed by atoms with Crippen molar-refractivity contribution in [3.8, 4) is 39.1 Å². The first-order valence-corrected chi connectivity index (χ1v) is 21.2. The third-order valence-corrected chi connectivity index (χ3v) is 12.8. The summed E-state index contributed by atoms with van der Waals surface area (Å²) in [6, 6.07) is 69.2. The van der Waals surface area contributed by atoms with Crippen LogP contribution in [0, 0.1) is 0 Å². The van der Waals surface area contributed by atoms with Crippen molar-refractivity contribution in [1.82, 2.24) is 4.57 Å². The summed E-state index contributed by atoms with van der Waals surface area (Å²) >= 11 is 0. The van der Waals surface area contributed by atoms with E-state index in [4.69, 9.17) is 0 Å². The van der Waals surface area contributed by atoms with Gasteiger partial charge in [0.2, 0.25) is 0 Å². The van der Waals surface area contributed by atoms with Crippen LogP contribution in [0.1, 0.15) is 18.4 Å². The predicted octanol–water partition coefficient (Wildman–Crippen LogP) is 15.5. The van der Waals surface area contributed by atoms with Crippen molar-refractivity contribution in [3.05, 3.63) is 228 Å². The summed E-state index contributed by atoms with van der Waals surface area (Å²) in [5.74, 6) is 0. The van der Waals surface area contributed by atoms with Crippen molar-refractivity contribution in [3.63, 3.8) is 0 Å². The number of hydrogen-bond acceptors (Lipinski definition) is 1. The highest BCUT2D eigenvalue weighted by Crippen LogP contribution is 2.46. The zero-order chi connectivity index (χ0) is 40.4. The number of para-hydroxylation sites is 1. The second-order valence-electron chi connectivity index (χ2n) is 16.2. The van der Waals surface area contributed by atoms with Crippen LogP contribution in [0.2, 0.25) is 0 Å². The molecule has 0 bridgehead atoms. The Morgan fingerprint density at radius 1 is 0.344 bits per heavy atom. The maximum absolute atomic E-state index is 14.9. The molecule has 2 heteroatoms. The summed E-state index contributed by atoms with van der Waals surface area (Å²) in [6.07, 6.45) is 9.07. The average molecular weight is 778 g/mol. The Balaban J connectivity index is 1.18. The van der Waals surface area contributed by atoms with Crippen LogP contribution in [0.5, 0.6) is 0 Å². The van der Waals surface area contributed by atoms with Gasteiger partial charge in [0.05, 0.1) is 5.52 Å². The van der Waals surface area contributed by atoms with E-state index in [0.717, 1.165) is 45.9 Å². The fourth-order valence-corrected chi connectivity index (χ4v) is 10.2. The molecule has 0 atom stereocenters. The minimum Gasteiger partial charge on any atom is -0.276 e. The second-order valence-corrected chi connectivity index (χ2v) is 16.2. The minimum atomic E-state index is -0.0304. The molecule has 0 spiro atoms. The van der Waals surface area contributed by atoms with Gasteiger partial charge in [0.25, 0.3) is 5.56 Å². The van der Waals surface area contributed by atoms with Crippen LogP contribution in [0.15, 0.2) is 217 Å². The summed E-state index contributed by atoms with van der Waals surface area (Å²) in [5.41, 5.74) is 11.3. The standard InChI is InChI=1S/C59H39NO/c61-59-51-34-32-40(57-47-28-14-10-24-43(47)55(38-18-4-1-5-19-38)44-25-11-15-29-48(44)57)36-52(51)53-37-41(33-35-54(53)60(59)42-22-8-3-9-23-42)58-49-30-16-12-26-45(49)56(39-20-6-2-7-21-39)46-27-13-17-31-50(46)58/h2-4,6-37H,1,5H2. The van der Waals surface area contributed by atoms with E-state index in [1.54, 1.807) is 0 Å². The predicted molar refractivity (Wildman–Crippen MR) is 260 cm³/mol. The van der Waals surface area contributed by atoms with E-state index in [9.17, 15) is 4.79 Å². The van der Waals surface area contributed by atoms with E-state index in [1.165, 1.54) is 76.5 Å². The lowest BCUT2D eigenvalue weighted by Gasteiger charge is -2.20. The zero-order valence-electron chi connectivity index (χ0n) is 33.5. The molecule has 11 aromatic rings. The SMILES string of the molecule is O=c1c2ccc(-c3c4ccccc4c(C4=CCCC=C4)c4ccccc34)cc2c2cc(-c3c4ccccc4c(-c4ccccc4)c4ccccc34)ccc2n1-c1ccccc1. The third kappa shape index (κ3) is 5.53. The van der Waals surface area contributed by atoms with Crippen LogP contribution in [0.3, 0.4) is 0 Å². The van der Waals surface area contributed by atoms with Gasteiger partial charge < -0.3 is 0 Å². The molecule has 1 aliphatic rings. The van der Waals surface area contributed by atoms with Crippen molar-refractivity contribution in [2.75, 3.05) is 0 Å². The molecule has 0 fully saturated rings. The van der Waals surface area contributed by atoms with E-state index in [1.807, 2.05) is 34.9 Å². The fourth-order valence-electron chi connectivity index (χ4n) is 10.2. The quantitative estimate of drug-likeness (QED) is 0.126. The average Bonchev–Trinajstić information content (AvgIpc) is 3.33. The molecule has 0 N–H and O–H groups in total.